The predicted molar refractivity (Wildman–Crippen MR) is 75.2 cm³/mol. The third-order valence-corrected chi connectivity index (χ3v) is 3.21. The van der Waals surface area contributed by atoms with E-state index in [1.807, 2.05) is 17.0 Å². The molecule has 0 heterocycles. The van der Waals surface area contributed by atoms with Crippen molar-refractivity contribution in [2.75, 3.05) is 13.1 Å². The van der Waals surface area contributed by atoms with Crippen LogP contribution in [0.25, 0.3) is 10.8 Å². The van der Waals surface area contributed by atoms with Crippen LogP contribution >= 0.6 is 0 Å². The van der Waals surface area contributed by atoms with Crippen molar-refractivity contribution in [3.05, 3.63) is 47.5 Å². The van der Waals surface area contributed by atoms with E-state index in [-0.39, 0.29) is 13.1 Å². The molecule has 0 aliphatic rings. The molecule has 19 heavy (non-hydrogen) atoms. The maximum atomic E-state index is 8.80. The van der Waals surface area contributed by atoms with Crippen LogP contribution in [0.3, 0.4) is 0 Å². The average Bonchev–Trinajstić information content (AvgIpc) is 2.43. The topological polar surface area (TPSA) is 50.8 Å². The minimum absolute atomic E-state index is 0.274. The lowest BCUT2D eigenvalue weighted by molar-refractivity contribution is 0.336. The smallest absolute Gasteiger partial charge is 0.0877 e. The maximum Gasteiger partial charge on any atom is 0.0877 e. The summed E-state index contributed by atoms with van der Waals surface area (Å²) in [7, 11) is 0. The van der Waals surface area contributed by atoms with E-state index in [1.165, 1.54) is 16.3 Å². The van der Waals surface area contributed by atoms with Gasteiger partial charge in [0.15, 0.2) is 0 Å². The van der Waals surface area contributed by atoms with Crippen LogP contribution in [0.2, 0.25) is 0 Å². The Morgan fingerprint density at radius 3 is 2.21 bits per heavy atom. The molecule has 0 N–H and O–H groups in total. The predicted octanol–water partition coefficient (Wildman–Crippen LogP) is 3.00. The molecule has 0 radical (unpaired) electrons. The number of nitriles is 2. The normalized spacial score (nSPS) is 10.3. The Labute approximate surface area is 113 Å². The molecule has 2 aromatic rings. The molecule has 0 spiro atoms. The van der Waals surface area contributed by atoms with Crippen molar-refractivity contribution >= 4 is 10.8 Å². The lowest BCUT2D eigenvalue weighted by atomic mass is 10.00. The van der Waals surface area contributed by atoms with Crippen LogP contribution in [0.5, 0.6) is 0 Å². The van der Waals surface area contributed by atoms with E-state index in [0.29, 0.717) is 6.54 Å². The van der Waals surface area contributed by atoms with Gasteiger partial charge >= 0.3 is 0 Å². The Hall–Kier alpha value is -2.36. The first-order valence-corrected chi connectivity index (χ1v) is 6.19. The zero-order chi connectivity index (χ0) is 13.7. The molecule has 0 saturated heterocycles. The molecule has 0 fully saturated rings. The van der Waals surface area contributed by atoms with Crippen molar-refractivity contribution in [2.45, 2.75) is 13.5 Å². The Kier molecular flexibility index (Phi) is 4.13. The molecule has 0 bridgehead atoms. The van der Waals surface area contributed by atoms with Gasteiger partial charge in [0.05, 0.1) is 25.2 Å². The van der Waals surface area contributed by atoms with Gasteiger partial charge in [-0.15, -0.1) is 0 Å². The second-order valence-corrected chi connectivity index (χ2v) is 4.55. The van der Waals surface area contributed by atoms with Gasteiger partial charge in [0.25, 0.3) is 0 Å². The van der Waals surface area contributed by atoms with Gasteiger partial charge in [-0.1, -0.05) is 36.4 Å². The van der Waals surface area contributed by atoms with Gasteiger partial charge in [0, 0.05) is 6.54 Å². The quantitative estimate of drug-likeness (QED) is 0.783. The van der Waals surface area contributed by atoms with E-state index in [1.54, 1.807) is 0 Å². The SMILES string of the molecule is Cc1ccc(CN(CC#N)CC#N)c2ccccc12. The van der Waals surface area contributed by atoms with Gasteiger partial charge in [0.2, 0.25) is 0 Å². The molecule has 0 amide bonds. The minimum atomic E-state index is 0.274. The van der Waals surface area contributed by atoms with Gasteiger partial charge in [-0.05, 0) is 28.8 Å². The van der Waals surface area contributed by atoms with Gasteiger partial charge < -0.3 is 0 Å². The van der Waals surface area contributed by atoms with Crippen molar-refractivity contribution in [3.8, 4) is 12.1 Å². The molecular weight excluding hydrogens is 234 g/mol. The summed E-state index contributed by atoms with van der Waals surface area (Å²) in [4.78, 5) is 1.84. The standard InChI is InChI=1S/C16H15N3/c1-13-6-7-14(12-19(10-8-17)11-9-18)16-5-3-2-4-15(13)16/h2-7H,10-12H2,1H3. The Balaban J connectivity index is 2.38. The van der Waals surface area contributed by atoms with Crippen LogP contribution in [0, 0.1) is 29.6 Å². The largest absolute Gasteiger partial charge is 0.273 e. The van der Waals surface area contributed by atoms with E-state index in [0.717, 1.165) is 5.56 Å². The second kappa shape index (κ2) is 6.00. The molecule has 0 aliphatic heterocycles. The number of hydrogen-bond donors (Lipinski definition) is 0. The summed E-state index contributed by atoms with van der Waals surface area (Å²) < 4.78 is 0. The van der Waals surface area contributed by atoms with Gasteiger partial charge in [-0.25, -0.2) is 0 Å². The number of fused-ring (bicyclic) bond motifs is 1. The first-order chi connectivity index (χ1) is 9.26. The number of hydrogen-bond acceptors (Lipinski definition) is 3. The van der Waals surface area contributed by atoms with Crippen LogP contribution in [-0.2, 0) is 6.54 Å². The molecular formula is C16H15N3. The highest BCUT2D eigenvalue weighted by atomic mass is 15.1. The van der Waals surface area contributed by atoms with E-state index in [4.69, 9.17) is 10.5 Å². The summed E-state index contributed by atoms with van der Waals surface area (Å²) in [6.07, 6.45) is 0. The van der Waals surface area contributed by atoms with E-state index in [9.17, 15) is 0 Å². The Bertz CT molecular complexity index is 646. The van der Waals surface area contributed by atoms with E-state index >= 15 is 0 Å². The van der Waals surface area contributed by atoms with E-state index in [2.05, 4.69) is 43.3 Å². The number of nitrogens with zero attached hydrogens (tertiary/aromatic N) is 3. The van der Waals surface area contributed by atoms with Crippen LogP contribution in [0.4, 0.5) is 0 Å². The Morgan fingerprint density at radius 1 is 0.947 bits per heavy atom. The summed E-state index contributed by atoms with van der Waals surface area (Å²) in [5.41, 5.74) is 2.40. The zero-order valence-electron chi connectivity index (χ0n) is 10.9. The van der Waals surface area contributed by atoms with Crippen LogP contribution in [0.15, 0.2) is 36.4 Å². The number of rotatable bonds is 4. The molecule has 0 unspecified atom stereocenters. The maximum absolute atomic E-state index is 8.80. The Morgan fingerprint density at radius 2 is 1.58 bits per heavy atom. The third-order valence-electron chi connectivity index (χ3n) is 3.21. The van der Waals surface area contributed by atoms with Crippen LogP contribution in [-0.4, -0.2) is 18.0 Å². The second-order valence-electron chi connectivity index (χ2n) is 4.55. The molecule has 2 aromatic carbocycles. The fraction of sp³-hybridized carbons (Fsp3) is 0.250. The molecule has 94 valence electrons. The lowest BCUT2D eigenvalue weighted by Crippen LogP contribution is -2.24. The zero-order valence-corrected chi connectivity index (χ0v) is 10.9. The molecule has 0 saturated carbocycles. The monoisotopic (exact) mass is 249 g/mol. The fourth-order valence-electron chi connectivity index (χ4n) is 2.26. The highest BCUT2D eigenvalue weighted by Gasteiger charge is 2.08. The molecule has 3 heteroatoms. The third kappa shape index (κ3) is 2.91. The van der Waals surface area contributed by atoms with E-state index < -0.39 is 0 Å². The minimum Gasteiger partial charge on any atom is -0.273 e. The van der Waals surface area contributed by atoms with Gasteiger partial charge in [-0.3, -0.25) is 4.90 Å². The molecule has 2 rings (SSSR count). The summed E-state index contributed by atoms with van der Waals surface area (Å²) in [5.74, 6) is 0. The first kappa shape index (κ1) is 13.1. The molecule has 0 aliphatic carbocycles. The van der Waals surface area contributed by atoms with Crippen LogP contribution in [0.1, 0.15) is 11.1 Å². The molecule has 0 aromatic heterocycles. The van der Waals surface area contributed by atoms with Crippen molar-refractivity contribution in [1.29, 1.82) is 10.5 Å². The average molecular weight is 249 g/mol. The van der Waals surface area contributed by atoms with Gasteiger partial charge in [-0.2, -0.15) is 10.5 Å². The number of benzene rings is 2. The lowest BCUT2D eigenvalue weighted by Gasteiger charge is -2.17. The fourth-order valence-corrected chi connectivity index (χ4v) is 2.26. The van der Waals surface area contributed by atoms with Gasteiger partial charge in [0.1, 0.15) is 0 Å². The summed E-state index contributed by atoms with van der Waals surface area (Å²) in [5, 5.41) is 20.0. The summed E-state index contributed by atoms with van der Waals surface area (Å²) in [6, 6.07) is 16.6. The molecule has 3 nitrogen and oxygen atoms in total. The molecule has 0 atom stereocenters. The summed E-state index contributed by atoms with van der Waals surface area (Å²) in [6.45, 7) is 3.27. The van der Waals surface area contributed by atoms with Crippen molar-refractivity contribution < 1.29 is 0 Å². The number of aryl methyl sites for hydroxylation is 1. The first-order valence-electron chi connectivity index (χ1n) is 6.19. The summed E-state index contributed by atoms with van der Waals surface area (Å²) >= 11 is 0. The highest BCUT2D eigenvalue weighted by Crippen LogP contribution is 2.23. The van der Waals surface area contributed by atoms with Crippen molar-refractivity contribution in [3.63, 3.8) is 0 Å². The van der Waals surface area contributed by atoms with Crippen molar-refractivity contribution in [2.24, 2.45) is 0 Å². The van der Waals surface area contributed by atoms with Crippen molar-refractivity contribution in [1.82, 2.24) is 4.90 Å². The van der Waals surface area contributed by atoms with Crippen LogP contribution < -0.4 is 0 Å². The highest BCUT2D eigenvalue weighted by molar-refractivity contribution is 5.88.